The summed E-state index contributed by atoms with van der Waals surface area (Å²) in [5.74, 6) is -2.60. The number of imidazole rings is 1. The average molecular weight is 452 g/mol. The molecule has 0 saturated carbocycles. The second-order valence-electron chi connectivity index (χ2n) is 7.91. The van der Waals surface area contributed by atoms with E-state index in [4.69, 9.17) is 5.73 Å². The van der Waals surface area contributed by atoms with Crippen LogP contribution in [0.4, 0.5) is 0 Å². The number of nitrogens with one attached hydrogen (secondary N) is 5. The van der Waals surface area contributed by atoms with Crippen molar-refractivity contribution in [2.75, 3.05) is 13.1 Å². The normalized spacial score (nSPS) is 18.4. The molecule has 3 amide bonds. The fraction of sp³-hybridized carbons (Fsp3) is 0.650. The van der Waals surface area contributed by atoms with Gasteiger partial charge in [0.1, 0.15) is 18.1 Å². The molecule has 2 heterocycles. The number of nitrogens with two attached hydrogens (primary N) is 1. The number of aromatic nitrogens is 2. The molecule has 4 atom stereocenters. The highest BCUT2D eigenvalue weighted by Crippen LogP contribution is 2.07. The van der Waals surface area contributed by atoms with E-state index in [1.165, 1.54) is 19.4 Å². The molecule has 1 aromatic heterocycles. The molecule has 1 aliphatic rings. The molecule has 1 aromatic rings. The highest BCUT2D eigenvalue weighted by atomic mass is 16.4. The number of carbonyl (C=O) groups excluding carboxylic acids is 3. The number of unbranched alkanes of at least 4 members (excludes halogenated alkanes) is 1. The Kier molecular flexibility index (Phi) is 10.1. The Labute approximate surface area is 186 Å². The number of aliphatic carboxylic acids is 1. The van der Waals surface area contributed by atoms with Crippen molar-refractivity contribution in [3.8, 4) is 0 Å². The molecule has 32 heavy (non-hydrogen) atoms. The lowest BCUT2D eigenvalue weighted by atomic mass is 10.1. The molecule has 0 aromatic carbocycles. The van der Waals surface area contributed by atoms with Gasteiger partial charge in [0.2, 0.25) is 17.7 Å². The van der Waals surface area contributed by atoms with Crippen LogP contribution in [0, 0.1) is 0 Å². The molecule has 1 fully saturated rings. The molecule has 0 radical (unpaired) electrons. The van der Waals surface area contributed by atoms with Gasteiger partial charge in [0, 0.05) is 18.3 Å². The smallest absolute Gasteiger partial charge is 0.326 e. The minimum Gasteiger partial charge on any atom is -0.480 e. The van der Waals surface area contributed by atoms with E-state index in [0.717, 1.165) is 13.0 Å². The summed E-state index contributed by atoms with van der Waals surface area (Å²) in [5, 5.41) is 20.3. The Morgan fingerprint density at radius 1 is 1.19 bits per heavy atom. The zero-order valence-corrected chi connectivity index (χ0v) is 18.2. The third kappa shape index (κ3) is 7.93. The fourth-order valence-corrected chi connectivity index (χ4v) is 3.43. The maximum Gasteiger partial charge on any atom is 0.326 e. The van der Waals surface area contributed by atoms with E-state index in [-0.39, 0.29) is 24.8 Å². The first-order valence-electron chi connectivity index (χ1n) is 10.9. The Hall–Kier alpha value is -2.99. The van der Waals surface area contributed by atoms with E-state index >= 15 is 0 Å². The standard InChI is InChI=1S/C20H33N7O5/c1-12(25-18(29)14-6-4-8-23-14)17(28)26-15(5-2-3-7-21)19(30)27-16(20(31)32)9-13-10-22-11-24-13/h10-12,14-16,23H,2-9,21H2,1H3,(H,22,24)(H,25,29)(H,26,28)(H,27,30)(H,31,32). The van der Waals surface area contributed by atoms with Crippen LogP contribution in [0.1, 0.15) is 44.7 Å². The van der Waals surface area contributed by atoms with Crippen molar-refractivity contribution in [2.24, 2.45) is 5.73 Å². The van der Waals surface area contributed by atoms with Gasteiger partial charge in [-0.25, -0.2) is 9.78 Å². The number of carboxylic acids is 1. The van der Waals surface area contributed by atoms with Crippen molar-refractivity contribution in [3.63, 3.8) is 0 Å². The minimum absolute atomic E-state index is 0.0192. The summed E-state index contributed by atoms with van der Waals surface area (Å²) >= 11 is 0. The Morgan fingerprint density at radius 3 is 2.53 bits per heavy atom. The third-order valence-corrected chi connectivity index (χ3v) is 5.30. The summed E-state index contributed by atoms with van der Waals surface area (Å²) < 4.78 is 0. The molecule has 1 aliphatic heterocycles. The number of carboxylic acid groups (broad SMARTS) is 1. The molecule has 0 spiro atoms. The lowest BCUT2D eigenvalue weighted by Gasteiger charge is -2.23. The average Bonchev–Trinajstić information content (AvgIpc) is 3.46. The molecular weight excluding hydrogens is 418 g/mol. The second-order valence-corrected chi connectivity index (χ2v) is 7.91. The Balaban J connectivity index is 1.97. The van der Waals surface area contributed by atoms with E-state index in [0.29, 0.717) is 31.5 Å². The van der Waals surface area contributed by atoms with E-state index in [1.54, 1.807) is 0 Å². The molecule has 0 aliphatic carbocycles. The number of rotatable bonds is 13. The largest absolute Gasteiger partial charge is 0.480 e. The van der Waals surface area contributed by atoms with Gasteiger partial charge in [-0.1, -0.05) is 0 Å². The van der Waals surface area contributed by atoms with Gasteiger partial charge in [0.15, 0.2) is 0 Å². The summed E-state index contributed by atoms with van der Waals surface area (Å²) in [6.45, 7) is 2.72. The van der Waals surface area contributed by atoms with Gasteiger partial charge < -0.3 is 37.1 Å². The van der Waals surface area contributed by atoms with Crippen LogP contribution in [0.5, 0.6) is 0 Å². The van der Waals surface area contributed by atoms with Crippen molar-refractivity contribution in [3.05, 3.63) is 18.2 Å². The maximum atomic E-state index is 12.8. The van der Waals surface area contributed by atoms with Crippen molar-refractivity contribution < 1.29 is 24.3 Å². The van der Waals surface area contributed by atoms with E-state index in [1.807, 2.05) is 0 Å². The van der Waals surface area contributed by atoms with Gasteiger partial charge >= 0.3 is 5.97 Å². The first-order chi connectivity index (χ1) is 15.3. The second kappa shape index (κ2) is 12.8. The quantitative estimate of drug-likeness (QED) is 0.174. The van der Waals surface area contributed by atoms with Gasteiger partial charge in [-0.05, 0) is 52.1 Å². The van der Waals surface area contributed by atoms with Gasteiger partial charge in [0.05, 0.1) is 12.4 Å². The number of hydrogen-bond acceptors (Lipinski definition) is 7. The van der Waals surface area contributed by atoms with Crippen LogP contribution in [0.15, 0.2) is 12.5 Å². The van der Waals surface area contributed by atoms with Crippen molar-refractivity contribution in [2.45, 2.75) is 69.6 Å². The lowest BCUT2D eigenvalue weighted by Crippen LogP contribution is -2.56. The number of nitrogens with zero attached hydrogens (tertiary/aromatic N) is 1. The van der Waals surface area contributed by atoms with Crippen LogP contribution >= 0.6 is 0 Å². The molecule has 2 rings (SSSR count). The van der Waals surface area contributed by atoms with Crippen molar-refractivity contribution in [1.82, 2.24) is 31.2 Å². The SMILES string of the molecule is CC(NC(=O)C1CCCN1)C(=O)NC(CCCCN)C(=O)NC(Cc1cnc[nH]1)C(=O)O. The number of carbonyl (C=O) groups is 4. The summed E-state index contributed by atoms with van der Waals surface area (Å²) in [7, 11) is 0. The van der Waals surface area contributed by atoms with E-state index in [9.17, 15) is 24.3 Å². The van der Waals surface area contributed by atoms with Crippen LogP contribution in [0.2, 0.25) is 0 Å². The third-order valence-electron chi connectivity index (χ3n) is 5.30. The van der Waals surface area contributed by atoms with Crippen LogP contribution in [-0.2, 0) is 25.6 Å². The van der Waals surface area contributed by atoms with Crippen LogP contribution in [0.25, 0.3) is 0 Å². The van der Waals surface area contributed by atoms with Gasteiger partial charge in [-0.2, -0.15) is 0 Å². The molecule has 1 saturated heterocycles. The molecule has 0 bridgehead atoms. The fourth-order valence-electron chi connectivity index (χ4n) is 3.43. The predicted octanol–water partition coefficient (Wildman–Crippen LogP) is -1.61. The number of amides is 3. The summed E-state index contributed by atoms with van der Waals surface area (Å²) in [6.07, 6.45) is 6.02. The summed E-state index contributed by atoms with van der Waals surface area (Å²) in [4.78, 5) is 56.0. The minimum atomic E-state index is -1.20. The lowest BCUT2D eigenvalue weighted by molar-refractivity contribution is -0.142. The topological polar surface area (TPSA) is 191 Å². The Bertz CT molecular complexity index is 764. The molecule has 8 N–H and O–H groups in total. The Morgan fingerprint density at radius 2 is 1.94 bits per heavy atom. The van der Waals surface area contributed by atoms with Crippen molar-refractivity contribution >= 4 is 23.7 Å². The first kappa shape index (κ1) is 25.3. The van der Waals surface area contributed by atoms with Crippen LogP contribution < -0.4 is 27.0 Å². The highest BCUT2D eigenvalue weighted by molar-refractivity contribution is 5.94. The first-order valence-corrected chi connectivity index (χ1v) is 10.9. The number of H-pyrrole nitrogens is 1. The van der Waals surface area contributed by atoms with Crippen LogP contribution in [0.3, 0.4) is 0 Å². The zero-order chi connectivity index (χ0) is 23.5. The molecule has 12 heteroatoms. The van der Waals surface area contributed by atoms with Gasteiger partial charge in [0.25, 0.3) is 0 Å². The summed E-state index contributed by atoms with van der Waals surface area (Å²) in [6, 6.07) is -3.33. The van der Waals surface area contributed by atoms with E-state index < -0.39 is 35.9 Å². The zero-order valence-electron chi connectivity index (χ0n) is 18.2. The number of aromatic amines is 1. The summed E-state index contributed by atoms with van der Waals surface area (Å²) in [5.41, 5.74) is 6.08. The monoisotopic (exact) mass is 451 g/mol. The molecule has 12 nitrogen and oxygen atoms in total. The van der Waals surface area contributed by atoms with Crippen molar-refractivity contribution in [1.29, 1.82) is 0 Å². The molecule has 178 valence electrons. The van der Waals surface area contributed by atoms with Gasteiger partial charge in [-0.3, -0.25) is 14.4 Å². The predicted molar refractivity (Wildman–Crippen MR) is 115 cm³/mol. The van der Waals surface area contributed by atoms with Gasteiger partial charge in [-0.15, -0.1) is 0 Å². The highest BCUT2D eigenvalue weighted by Gasteiger charge is 2.29. The maximum absolute atomic E-state index is 12.8. The molecule has 4 unspecified atom stereocenters. The molecular formula is C20H33N7O5. The number of hydrogen-bond donors (Lipinski definition) is 7. The van der Waals surface area contributed by atoms with E-state index in [2.05, 4.69) is 31.2 Å². The van der Waals surface area contributed by atoms with Crippen LogP contribution in [-0.4, -0.2) is 76.0 Å².